The maximum atomic E-state index is 11.5. The maximum absolute atomic E-state index is 11.5. The Kier molecular flexibility index (Phi) is 3.00. The third-order valence-electron chi connectivity index (χ3n) is 2.96. The fourth-order valence-corrected chi connectivity index (χ4v) is 1.85. The van der Waals surface area contributed by atoms with E-state index in [0.717, 1.165) is 4.57 Å². The van der Waals surface area contributed by atoms with E-state index in [9.17, 15) is 15.0 Å². The molecule has 0 radical (unpaired) electrons. The van der Waals surface area contributed by atoms with E-state index in [2.05, 4.69) is 4.98 Å². The Labute approximate surface area is 96.9 Å². The number of ether oxygens (including phenoxy) is 1. The standard InChI is InChI=1S/C10H14N2O5/c1-10(5-13)7(15)6(14)8(17-10)12-4-2-3-11-9(12)16/h2-4,6-8,13-15H,5H2,1H3/t6-,7?,8+,10+/m0/s1. The van der Waals surface area contributed by atoms with Gasteiger partial charge in [0.2, 0.25) is 0 Å². The van der Waals surface area contributed by atoms with E-state index in [1.165, 1.54) is 25.4 Å². The van der Waals surface area contributed by atoms with Gasteiger partial charge in [-0.1, -0.05) is 0 Å². The Hall–Kier alpha value is -1.28. The lowest BCUT2D eigenvalue weighted by Gasteiger charge is -2.24. The normalized spacial score (nSPS) is 37.3. The molecule has 17 heavy (non-hydrogen) atoms. The Morgan fingerprint density at radius 2 is 2.29 bits per heavy atom. The number of rotatable bonds is 2. The Morgan fingerprint density at radius 1 is 1.59 bits per heavy atom. The van der Waals surface area contributed by atoms with Crippen LogP contribution in [0.5, 0.6) is 0 Å². The predicted molar refractivity (Wildman–Crippen MR) is 56.1 cm³/mol. The molecule has 1 aromatic rings. The molecule has 7 nitrogen and oxygen atoms in total. The minimum atomic E-state index is -1.30. The van der Waals surface area contributed by atoms with Gasteiger partial charge in [0.1, 0.15) is 17.8 Å². The van der Waals surface area contributed by atoms with Crippen LogP contribution in [0.2, 0.25) is 0 Å². The van der Waals surface area contributed by atoms with Crippen LogP contribution in [0.25, 0.3) is 0 Å². The molecular formula is C10H14N2O5. The van der Waals surface area contributed by atoms with Crippen molar-refractivity contribution in [1.29, 1.82) is 0 Å². The molecule has 7 heteroatoms. The summed E-state index contributed by atoms with van der Waals surface area (Å²) in [7, 11) is 0. The zero-order valence-corrected chi connectivity index (χ0v) is 9.22. The molecule has 2 heterocycles. The molecule has 1 unspecified atom stereocenters. The first-order valence-corrected chi connectivity index (χ1v) is 5.17. The van der Waals surface area contributed by atoms with Crippen LogP contribution in [0.15, 0.2) is 23.3 Å². The molecule has 3 N–H and O–H groups in total. The van der Waals surface area contributed by atoms with E-state index >= 15 is 0 Å². The molecular weight excluding hydrogens is 228 g/mol. The molecule has 1 aliphatic rings. The zero-order chi connectivity index (χ0) is 12.6. The highest BCUT2D eigenvalue weighted by atomic mass is 16.6. The Morgan fingerprint density at radius 3 is 2.82 bits per heavy atom. The van der Waals surface area contributed by atoms with Gasteiger partial charge >= 0.3 is 5.69 Å². The highest BCUT2D eigenvalue weighted by Gasteiger charge is 2.51. The number of hydrogen-bond donors (Lipinski definition) is 3. The third-order valence-corrected chi connectivity index (χ3v) is 2.96. The van der Waals surface area contributed by atoms with E-state index in [4.69, 9.17) is 9.84 Å². The van der Waals surface area contributed by atoms with Crippen molar-refractivity contribution >= 4 is 0 Å². The van der Waals surface area contributed by atoms with Crippen molar-refractivity contribution in [2.24, 2.45) is 0 Å². The van der Waals surface area contributed by atoms with Crippen molar-refractivity contribution in [2.45, 2.75) is 31.0 Å². The summed E-state index contributed by atoms with van der Waals surface area (Å²) >= 11 is 0. The summed E-state index contributed by atoms with van der Waals surface area (Å²) in [6, 6.07) is 1.51. The summed E-state index contributed by atoms with van der Waals surface area (Å²) in [4.78, 5) is 15.0. The van der Waals surface area contributed by atoms with Crippen molar-refractivity contribution in [1.82, 2.24) is 9.55 Å². The topological polar surface area (TPSA) is 105 Å². The van der Waals surface area contributed by atoms with Crippen LogP contribution in [-0.4, -0.2) is 49.3 Å². The molecule has 94 valence electrons. The molecule has 0 aromatic carbocycles. The van der Waals surface area contributed by atoms with Gasteiger partial charge in [-0.05, 0) is 13.0 Å². The van der Waals surface area contributed by atoms with Gasteiger partial charge < -0.3 is 20.1 Å². The molecule has 4 atom stereocenters. The van der Waals surface area contributed by atoms with Gasteiger partial charge in [-0.15, -0.1) is 0 Å². The first-order chi connectivity index (χ1) is 7.99. The lowest BCUT2D eigenvalue weighted by Crippen LogP contribution is -2.43. The van der Waals surface area contributed by atoms with Gasteiger partial charge in [-0.2, -0.15) is 0 Å². The lowest BCUT2D eigenvalue weighted by molar-refractivity contribution is -0.117. The van der Waals surface area contributed by atoms with Crippen molar-refractivity contribution < 1.29 is 20.1 Å². The summed E-state index contributed by atoms with van der Waals surface area (Å²) in [5.41, 5.74) is -1.88. The highest BCUT2D eigenvalue weighted by molar-refractivity contribution is 4.99. The van der Waals surface area contributed by atoms with Gasteiger partial charge in [0.25, 0.3) is 0 Å². The summed E-state index contributed by atoms with van der Waals surface area (Å²) < 4.78 is 6.44. The monoisotopic (exact) mass is 242 g/mol. The number of hydrogen-bond acceptors (Lipinski definition) is 6. The Balaban J connectivity index is 2.37. The fourth-order valence-electron chi connectivity index (χ4n) is 1.85. The average molecular weight is 242 g/mol. The minimum absolute atomic E-state index is 0.462. The first-order valence-electron chi connectivity index (χ1n) is 5.17. The molecule has 0 saturated carbocycles. The van der Waals surface area contributed by atoms with Gasteiger partial charge in [0.15, 0.2) is 6.23 Å². The number of aromatic nitrogens is 2. The van der Waals surface area contributed by atoms with Gasteiger partial charge in [0.05, 0.1) is 6.61 Å². The number of aliphatic hydroxyl groups excluding tert-OH is 3. The minimum Gasteiger partial charge on any atom is -0.393 e. The van der Waals surface area contributed by atoms with Gasteiger partial charge in [-0.25, -0.2) is 9.78 Å². The second kappa shape index (κ2) is 4.19. The molecule has 1 aliphatic heterocycles. The molecule has 0 bridgehead atoms. The van der Waals surface area contributed by atoms with Crippen LogP contribution in [0.1, 0.15) is 13.2 Å². The molecule has 2 rings (SSSR count). The van der Waals surface area contributed by atoms with Crippen molar-refractivity contribution in [3.63, 3.8) is 0 Å². The third kappa shape index (κ3) is 1.87. The molecule has 0 aliphatic carbocycles. The highest BCUT2D eigenvalue weighted by Crippen LogP contribution is 2.35. The average Bonchev–Trinajstić information content (AvgIpc) is 2.56. The van der Waals surface area contributed by atoms with Crippen molar-refractivity contribution in [3.8, 4) is 0 Å². The SMILES string of the molecule is C[C@]1(CO)O[C@@H](n2cccnc2=O)[C@@H](O)C1O. The molecule has 1 saturated heterocycles. The summed E-state index contributed by atoms with van der Waals surface area (Å²) in [6.45, 7) is 0.999. The second-order valence-electron chi connectivity index (χ2n) is 4.22. The number of nitrogens with zero attached hydrogens (tertiary/aromatic N) is 2. The van der Waals surface area contributed by atoms with E-state index in [1.54, 1.807) is 0 Å². The summed E-state index contributed by atoms with van der Waals surface area (Å²) in [6.07, 6.45) is -0.900. The quantitative estimate of drug-likeness (QED) is 0.567. The van der Waals surface area contributed by atoms with E-state index in [0.29, 0.717) is 0 Å². The number of aliphatic hydroxyl groups is 3. The zero-order valence-electron chi connectivity index (χ0n) is 9.22. The van der Waals surface area contributed by atoms with Crippen molar-refractivity contribution in [3.05, 3.63) is 28.9 Å². The summed E-state index contributed by atoms with van der Waals surface area (Å²) in [5, 5.41) is 28.7. The Bertz CT molecular complexity index is 462. The van der Waals surface area contributed by atoms with Crippen LogP contribution in [0, 0.1) is 0 Å². The summed E-state index contributed by atoms with van der Waals surface area (Å²) in [5.74, 6) is 0. The van der Waals surface area contributed by atoms with Crippen molar-refractivity contribution in [2.75, 3.05) is 6.61 Å². The van der Waals surface area contributed by atoms with Gasteiger partial charge in [-0.3, -0.25) is 4.57 Å². The van der Waals surface area contributed by atoms with Crippen LogP contribution in [0.4, 0.5) is 0 Å². The predicted octanol–water partition coefficient (Wildman–Crippen LogP) is -1.76. The molecule has 1 aromatic heterocycles. The molecule has 0 amide bonds. The molecule has 1 fully saturated rings. The van der Waals surface area contributed by atoms with Crippen LogP contribution < -0.4 is 5.69 Å². The largest absolute Gasteiger partial charge is 0.393 e. The van der Waals surface area contributed by atoms with E-state index in [1.807, 2.05) is 0 Å². The first kappa shape index (κ1) is 12.2. The van der Waals surface area contributed by atoms with Crippen LogP contribution in [0.3, 0.4) is 0 Å². The second-order valence-corrected chi connectivity index (χ2v) is 4.22. The lowest BCUT2D eigenvalue weighted by atomic mass is 9.99. The van der Waals surface area contributed by atoms with E-state index in [-0.39, 0.29) is 0 Å². The van der Waals surface area contributed by atoms with Gasteiger partial charge in [0, 0.05) is 12.4 Å². The fraction of sp³-hybridized carbons (Fsp3) is 0.600. The van der Waals surface area contributed by atoms with Crippen LogP contribution >= 0.6 is 0 Å². The maximum Gasteiger partial charge on any atom is 0.349 e. The smallest absolute Gasteiger partial charge is 0.349 e. The molecule has 0 spiro atoms. The van der Waals surface area contributed by atoms with Crippen LogP contribution in [-0.2, 0) is 4.74 Å². The van der Waals surface area contributed by atoms with E-state index < -0.39 is 36.3 Å².